The van der Waals surface area contributed by atoms with Gasteiger partial charge in [0.15, 0.2) is 0 Å². The molecule has 0 heterocycles. The normalized spacial score (nSPS) is 14.8. The Labute approximate surface area is 114 Å². The highest BCUT2D eigenvalue weighted by atomic mass is 31.2. The number of phosphoric acid groups is 1. The van der Waals surface area contributed by atoms with Crippen molar-refractivity contribution in [1.29, 1.82) is 0 Å². The summed E-state index contributed by atoms with van der Waals surface area (Å²) >= 11 is 0. The average Bonchev–Trinajstić information content (AvgIpc) is 2.24. The van der Waals surface area contributed by atoms with Gasteiger partial charge in [0.25, 0.3) is 0 Å². The molecule has 0 fully saturated rings. The minimum absolute atomic E-state index is 0.0861. The Morgan fingerprint density at radius 2 is 1.79 bits per heavy atom. The van der Waals surface area contributed by atoms with E-state index in [0.29, 0.717) is 11.0 Å². The Hall–Kier alpha value is -0.720. The Morgan fingerprint density at radius 3 is 2.21 bits per heavy atom. The third-order valence-corrected chi connectivity index (χ3v) is 3.28. The summed E-state index contributed by atoms with van der Waals surface area (Å²) in [5.41, 5.74) is 0.0861. The van der Waals surface area contributed by atoms with Crippen LogP contribution in [0.15, 0.2) is 12.2 Å². The van der Waals surface area contributed by atoms with Crippen LogP contribution in [0.3, 0.4) is 0 Å². The second-order valence-electron chi connectivity index (χ2n) is 5.01. The molecular weight excluding hydrogens is 273 g/mol. The highest BCUT2D eigenvalue weighted by Gasteiger charge is 2.32. The number of hydrogen-bond donors (Lipinski definition) is 1. The molecule has 0 aromatic heterocycles. The fraction of sp³-hybridized carbons (Fsp3) is 0.727. The van der Waals surface area contributed by atoms with Crippen molar-refractivity contribution in [2.45, 2.75) is 6.92 Å². The van der Waals surface area contributed by atoms with Crippen molar-refractivity contribution in [3.63, 3.8) is 0 Å². The molecule has 8 heteroatoms. The monoisotopic (exact) mass is 296 g/mol. The Balaban J connectivity index is 4.55. The molecule has 0 saturated carbocycles. The van der Waals surface area contributed by atoms with Gasteiger partial charge in [0.1, 0.15) is 13.2 Å². The van der Waals surface area contributed by atoms with Gasteiger partial charge >= 0.3 is 13.8 Å². The minimum atomic E-state index is -4.01. The third-order valence-electron chi connectivity index (χ3n) is 1.90. The summed E-state index contributed by atoms with van der Waals surface area (Å²) in [5, 5.41) is 8.66. The molecule has 0 amide bonds. The zero-order valence-electron chi connectivity index (χ0n) is 11.9. The Bertz CT molecular complexity index is 363. The van der Waals surface area contributed by atoms with E-state index in [4.69, 9.17) is 14.2 Å². The fourth-order valence-electron chi connectivity index (χ4n) is 0.849. The maximum Gasteiger partial charge on any atom is 0.532 e. The highest BCUT2D eigenvalue weighted by molar-refractivity contribution is 7.49. The quantitative estimate of drug-likeness (QED) is 0.387. The van der Waals surface area contributed by atoms with Crippen LogP contribution >= 0.6 is 7.82 Å². The van der Waals surface area contributed by atoms with E-state index >= 15 is 0 Å². The van der Waals surface area contributed by atoms with Gasteiger partial charge in [-0.2, -0.15) is 0 Å². The second-order valence-corrected chi connectivity index (χ2v) is 6.60. The van der Waals surface area contributed by atoms with E-state index in [0.717, 1.165) is 0 Å². The van der Waals surface area contributed by atoms with E-state index in [1.165, 1.54) is 6.92 Å². The van der Waals surface area contributed by atoms with Gasteiger partial charge in [-0.05, 0) is 6.92 Å². The maximum absolute atomic E-state index is 12.1. The molecule has 0 bridgehead atoms. The lowest BCUT2D eigenvalue weighted by molar-refractivity contribution is -0.870. The zero-order chi connectivity index (χ0) is 15.1. The fourth-order valence-corrected chi connectivity index (χ4v) is 2.00. The third kappa shape index (κ3) is 8.91. The summed E-state index contributed by atoms with van der Waals surface area (Å²) in [6, 6.07) is 0. The molecule has 7 nitrogen and oxygen atoms in total. The smallest absolute Gasteiger partial charge is 0.394 e. The molecule has 1 unspecified atom stereocenters. The van der Waals surface area contributed by atoms with E-state index in [2.05, 4.69) is 11.1 Å². The SMILES string of the molecule is C=C(C)C(=O)OP(=O)(OCCO)OCC[N+](C)(C)C. The van der Waals surface area contributed by atoms with Crippen LogP contribution in [0.2, 0.25) is 0 Å². The van der Waals surface area contributed by atoms with Crippen molar-refractivity contribution < 1.29 is 32.5 Å². The van der Waals surface area contributed by atoms with E-state index in [9.17, 15) is 9.36 Å². The number of hydrogen-bond acceptors (Lipinski definition) is 6. The molecule has 1 N–H and O–H groups in total. The van der Waals surface area contributed by atoms with Crippen LogP contribution in [0, 0.1) is 0 Å². The van der Waals surface area contributed by atoms with Gasteiger partial charge in [0.05, 0.1) is 34.4 Å². The number of likely N-dealkylation sites (N-methyl/N-ethyl adjacent to an activating group) is 1. The highest BCUT2D eigenvalue weighted by Crippen LogP contribution is 2.49. The van der Waals surface area contributed by atoms with Gasteiger partial charge in [-0.25, -0.2) is 9.36 Å². The Kier molecular flexibility index (Phi) is 7.47. The van der Waals surface area contributed by atoms with Crippen molar-refractivity contribution in [1.82, 2.24) is 0 Å². The van der Waals surface area contributed by atoms with Gasteiger partial charge in [-0.1, -0.05) is 6.58 Å². The van der Waals surface area contributed by atoms with Crippen LogP contribution in [0.4, 0.5) is 0 Å². The number of nitrogens with zero attached hydrogens (tertiary/aromatic N) is 1. The van der Waals surface area contributed by atoms with Crippen LogP contribution in [-0.2, 0) is 22.9 Å². The first kappa shape index (κ1) is 18.3. The first-order chi connectivity index (χ1) is 8.59. The van der Waals surface area contributed by atoms with Crippen molar-refractivity contribution in [2.24, 2.45) is 0 Å². The predicted molar refractivity (Wildman–Crippen MR) is 70.4 cm³/mol. The maximum atomic E-state index is 12.1. The molecule has 0 aromatic carbocycles. The molecule has 112 valence electrons. The molecule has 0 aliphatic carbocycles. The number of carbonyl (C=O) groups excluding carboxylic acids is 1. The number of phosphoric ester groups is 1. The van der Waals surface area contributed by atoms with Crippen LogP contribution in [0.5, 0.6) is 0 Å². The van der Waals surface area contributed by atoms with Gasteiger partial charge in [0, 0.05) is 5.57 Å². The van der Waals surface area contributed by atoms with E-state index < -0.39 is 13.8 Å². The second kappa shape index (κ2) is 7.77. The van der Waals surface area contributed by atoms with Crippen molar-refractivity contribution >= 4 is 13.8 Å². The van der Waals surface area contributed by atoms with Gasteiger partial charge in [-0.3, -0.25) is 9.05 Å². The van der Waals surface area contributed by atoms with Crippen molar-refractivity contribution in [3.8, 4) is 0 Å². The van der Waals surface area contributed by atoms with Crippen molar-refractivity contribution in [3.05, 3.63) is 12.2 Å². The number of quaternary nitrogens is 1. The van der Waals surface area contributed by atoms with Crippen LogP contribution in [-0.4, -0.2) is 63.1 Å². The first-order valence-corrected chi connectivity index (χ1v) is 7.25. The molecule has 19 heavy (non-hydrogen) atoms. The summed E-state index contributed by atoms with van der Waals surface area (Å²) in [6.07, 6.45) is 0. The van der Waals surface area contributed by atoms with E-state index in [1.807, 2.05) is 21.1 Å². The molecule has 0 rings (SSSR count). The summed E-state index contributed by atoms with van der Waals surface area (Å²) in [4.78, 5) is 11.4. The lowest BCUT2D eigenvalue weighted by atomic mass is 10.4. The van der Waals surface area contributed by atoms with Crippen LogP contribution in [0.25, 0.3) is 0 Å². The lowest BCUT2D eigenvalue weighted by Gasteiger charge is -2.24. The number of carbonyl (C=O) groups is 1. The van der Waals surface area contributed by atoms with Gasteiger partial charge in [0.2, 0.25) is 0 Å². The number of aliphatic hydroxyl groups excluding tert-OH is 1. The molecular formula is C11H23NO6P+. The Morgan fingerprint density at radius 1 is 1.26 bits per heavy atom. The molecule has 1 atom stereocenters. The molecule has 0 aromatic rings. The van der Waals surface area contributed by atoms with Crippen molar-refractivity contribution in [2.75, 3.05) is 47.5 Å². The summed E-state index contributed by atoms with van der Waals surface area (Å²) < 4.78 is 27.2. The van der Waals surface area contributed by atoms with Crippen LogP contribution < -0.4 is 0 Å². The molecule has 0 aliphatic heterocycles. The van der Waals surface area contributed by atoms with E-state index in [-0.39, 0.29) is 25.4 Å². The molecule has 0 aliphatic rings. The average molecular weight is 296 g/mol. The minimum Gasteiger partial charge on any atom is -0.394 e. The molecule has 0 saturated heterocycles. The predicted octanol–water partition coefficient (Wildman–Crippen LogP) is 0.945. The first-order valence-electron chi connectivity index (χ1n) is 5.79. The largest absolute Gasteiger partial charge is 0.532 e. The van der Waals surface area contributed by atoms with Gasteiger partial charge in [-0.15, -0.1) is 0 Å². The topological polar surface area (TPSA) is 82.1 Å². The standard InChI is InChI=1S/C11H23NO6P/c1-10(2)11(14)18-19(15,17-9-7-13)16-8-6-12(3,4)5/h13H,1,6-9H2,2-5H3/q+1. The zero-order valence-corrected chi connectivity index (χ0v) is 12.8. The number of aliphatic hydroxyl groups is 1. The lowest BCUT2D eigenvalue weighted by Crippen LogP contribution is -2.37. The molecule has 0 spiro atoms. The van der Waals surface area contributed by atoms with Gasteiger partial charge < -0.3 is 14.1 Å². The van der Waals surface area contributed by atoms with Crippen LogP contribution in [0.1, 0.15) is 6.92 Å². The summed E-state index contributed by atoms with van der Waals surface area (Å²) in [5.74, 6) is -0.855. The summed E-state index contributed by atoms with van der Waals surface area (Å²) in [6.45, 7) is 4.85. The molecule has 0 radical (unpaired) electrons. The van der Waals surface area contributed by atoms with E-state index in [1.54, 1.807) is 0 Å². The summed E-state index contributed by atoms with van der Waals surface area (Å²) in [7, 11) is 1.79. The number of rotatable bonds is 9.